The Hall–Kier alpha value is -6.97. The molecule has 8 rings (SSSR count). The molecule has 1 aromatic carbocycles. The van der Waals surface area contributed by atoms with E-state index in [0.29, 0.717) is 64.4 Å². The van der Waals surface area contributed by atoms with Crippen molar-refractivity contribution in [3.63, 3.8) is 0 Å². The van der Waals surface area contributed by atoms with Gasteiger partial charge in [-0.25, -0.2) is 40.4 Å². The van der Waals surface area contributed by atoms with Gasteiger partial charge in [0.1, 0.15) is 30.6 Å². The number of hydrogen-bond acceptors (Lipinski definition) is 18. The van der Waals surface area contributed by atoms with Gasteiger partial charge in [0, 0.05) is 87.6 Å². The van der Waals surface area contributed by atoms with E-state index in [9.17, 15) is 50.0 Å². The van der Waals surface area contributed by atoms with Crippen LogP contribution in [0.1, 0.15) is 117 Å². The number of fused-ring (bicyclic) bond motifs is 1. The van der Waals surface area contributed by atoms with Gasteiger partial charge in [-0.15, -0.1) is 11.3 Å². The van der Waals surface area contributed by atoms with Crippen LogP contribution in [0.4, 0.5) is 19.4 Å². The van der Waals surface area contributed by atoms with Crippen molar-refractivity contribution in [2.24, 2.45) is 12.5 Å². The molecule has 0 unspecified atom stereocenters. The van der Waals surface area contributed by atoms with Crippen molar-refractivity contribution in [3.8, 4) is 10.4 Å². The Morgan fingerprint density at radius 2 is 1.61 bits per heavy atom. The third-order valence-electron chi connectivity index (χ3n) is 15.8. The van der Waals surface area contributed by atoms with Crippen molar-refractivity contribution in [2.75, 3.05) is 56.0 Å². The molecule has 4 N–H and O–H groups in total. The summed E-state index contributed by atoms with van der Waals surface area (Å²) in [6, 6.07) is 7.90. The fourth-order valence-electron chi connectivity index (χ4n) is 11.6. The topological polar surface area (TPSA) is 274 Å². The molecule has 1 saturated heterocycles. The molecule has 1 aliphatic carbocycles. The van der Waals surface area contributed by atoms with Gasteiger partial charge in [0.2, 0.25) is 17.7 Å². The molecule has 3 atom stereocenters. The number of nitrogens with one attached hydrogen (secondary N) is 4. The number of aromatic nitrogens is 3. The van der Waals surface area contributed by atoms with Crippen LogP contribution < -0.4 is 42.2 Å². The van der Waals surface area contributed by atoms with Crippen LogP contribution in [0.15, 0.2) is 81.5 Å². The van der Waals surface area contributed by atoms with Crippen LogP contribution in [0.5, 0.6) is 0 Å². The molecule has 3 aromatic heterocycles. The minimum atomic E-state index is -3.80. The Bertz CT molecular complexity index is 3880. The molecule has 482 valence electrons. The number of rotatable bonds is 26. The number of unbranched alkanes of at least 4 members (excludes halogenated alkanes) is 7. The van der Waals surface area contributed by atoms with E-state index >= 15 is 4.39 Å². The number of benzene rings is 1. The number of carbonyl (C=O) groups excluding carboxylic acids is 5. The van der Waals surface area contributed by atoms with Crippen LogP contribution in [0.3, 0.4) is 0 Å². The molecule has 0 saturated carbocycles. The molecular formula is C62H79F2N9O12S4. The largest absolute Gasteiger partial charge is 0.508 e. The molecule has 4 amide bonds. The molecule has 0 spiro atoms. The number of anilines is 1. The van der Waals surface area contributed by atoms with E-state index in [4.69, 9.17) is 9.47 Å². The van der Waals surface area contributed by atoms with Crippen molar-refractivity contribution in [2.45, 2.75) is 142 Å². The summed E-state index contributed by atoms with van der Waals surface area (Å²) in [5.74, 6) is -4.42. The van der Waals surface area contributed by atoms with Crippen LogP contribution >= 0.6 is 22.1 Å². The number of nitrogens with zero attached hydrogens (tertiary/aromatic N) is 5. The molecule has 27 heteroatoms. The van der Waals surface area contributed by atoms with Crippen LogP contribution in [-0.2, 0) is 61.0 Å². The fraction of sp³-hybridized carbons (Fsp3) is 0.516. The van der Waals surface area contributed by atoms with Gasteiger partial charge in [0.25, 0.3) is 11.5 Å². The summed E-state index contributed by atoms with van der Waals surface area (Å²) in [5.41, 5.74) is 5.29. The minimum absolute atomic E-state index is 0.0602. The second-order valence-electron chi connectivity index (χ2n) is 24.8. The summed E-state index contributed by atoms with van der Waals surface area (Å²) in [6.07, 6.45) is 9.02. The lowest BCUT2D eigenvalue weighted by molar-refractivity contribution is -0.144. The molecule has 4 aromatic rings. The van der Waals surface area contributed by atoms with Gasteiger partial charge in [-0.05, 0) is 83.4 Å². The maximum atomic E-state index is 15.4. The third-order valence-corrected chi connectivity index (χ3v) is 20.7. The van der Waals surface area contributed by atoms with E-state index < -0.39 is 93.9 Å². The number of sulfone groups is 1. The Labute approximate surface area is 525 Å². The molecule has 21 nitrogen and oxygen atoms in total. The summed E-state index contributed by atoms with van der Waals surface area (Å²) >= 11 is 1.53. The fourth-order valence-corrected chi connectivity index (χ4v) is 16.8. The average Bonchev–Trinajstić information content (AvgIpc) is 1.58. The van der Waals surface area contributed by atoms with E-state index in [-0.39, 0.29) is 73.7 Å². The van der Waals surface area contributed by atoms with E-state index in [1.165, 1.54) is 27.0 Å². The molecule has 89 heavy (non-hydrogen) atoms. The predicted octanol–water partition coefficient (Wildman–Crippen LogP) is 5.94. The first-order valence-corrected chi connectivity index (χ1v) is 35.9. The normalized spacial score (nSPS) is 17.2. The van der Waals surface area contributed by atoms with E-state index in [0.717, 1.165) is 85.0 Å². The van der Waals surface area contributed by atoms with Gasteiger partial charge in [0.05, 0.1) is 56.8 Å². The van der Waals surface area contributed by atoms with Gasteiger partial charge < -0.3 is 45.1 Å². The number of halogens is 2. The van der Waals surface area contributed by atoms with Gasteiger partial charge in [-0.3, -0.25) is 24.0 Å². The lowest BCUT2D eigenvalue weighted by atomic mass is 9.85. The highest BCUT2D eigenvalue weighted by Crippen LogP contribution is 2.43. The summed E-state index contributed by atoms with van der Waals surface area (Å²) < 4.78 is 91.1. The van der Waals surface area contributed by atoms with Crippen LogP contribution in [0, 0.1) is 24.0 Å². The van der Waals surface area contributed by atoms with Crippen molar-refractivity contribution in [1.82, 2.24) is 40.7 Å². The van der Waals surface area contributed by atoms with Gasteiger partial charge in [-0.1, -0.05) is 83.6 Å². The number of likely N-dealkylation sites (tertiary alicyclic amines) is 1. The maximum Gasteiger partial charge on any atom is 0.508 e. The van der Waals surface area contributed by atoms with E-state index in [1.54, 1.807) is 37.4 Å². The Morgan fingerprint density at radius 3 is 2.25 bits per heavy atom. The number of aryl methyl sites for hydroxylation is 2. The zero-order valence-corrected chi connectivity index (χ0v) is 54.9. The quantitative estimate of drug-likeness (QED) is 0.0322. The van der Waals surface area contributed by atoms with Gasteiger partial charge in [0.15, 0.2) is 30.3 Å². The number of pyridine rings is 2. The first kappa shape index (κ1) is 68.0. The lowest BCUT2D eigenvalue weighted by Crippen LogP contribution is -2.57. The standard InChI is InChI=1S/C62H79F2N9O12S4/c1-37-53(86-36-69-37)39-21-19-38(20-22-39)30-68-56(75)47-29-41(85-60(79)84-35-62(5,6)87-89(9,82)83)32-73(47)59(78)54(61(2,3)4)70-48(74)18-16-14-12-10-11-13-15-17-25-66-57(76)49-43-33-72(55-45(64)28-40(63)31-67-55)46-23-26-65-52(50(43)46)51-42(24-27-71(7)58(51)77)44(49)34-88(8,80)81/h19-22,24,27-28,31,36,41,47,54,65H,10-18,23,25-26,29-30,32-35H2,1-9H3,(H,66,76)(H,68,75)(H,70,74)/t41-,47+,54-/m1/s1. The Balaban J connectivity index is 0.837. The van der Waals surface area contributed by atoms with Crippen molar-refractivity contribution in [3.05, 3.63) is 120 Å². The molecule has 6 heterocycles. The second kappa shape index (κ2) is 28.5. The highest BCUT2D eigenvalue weighted by Gasteiger charge is 2.47. The van der Waals surface area contributed by atoms with E-state index in [1.807, 2.05) is 52.0 Å². The van der Waals surface area contributed by atoms with Crippen molar-refractivity contribution in [1.29, 1.82) is 0 Å². The monoisotopic (exact) mass is 1310 g/mol. The first-order valence-electron chi connectivity index (χ1n) is 29.7. The zero-order chi connectivity index (χ0) is 64.8. The van der Waals surface area contributed by atoms with Crippen LogP contribution in [0.25, 0.3) is 21.7 Å². The first-order chi connectivity index (χ1) is 41.9. The molecular weight excluding hydrogens is 1230 g/mol. The van der Waals surface area contributed by atoms with Gasteiger partial charge in [-0.2, -0.15) is 0 Å². The molecule has 1 fully saturated rings. The Morgan fingerprint density at radius 1 is 0.921 bits per heavy atom. The summed E-state index contributed by atoms with van der Waals surface area (Å²) in [5, 5.41) is 12.7. The van der Waals surface area contributed by atoms with Gasteiger partial charge >= 0.3 is 6.16 Å². The smallest absolute Gasteiger partial charge is 0.433 e. The maximum absolute atomic E-state index is 15.4. The lowest BCUT2D eigenvalue weighted by Gasteiger charge is -2.35. The third kappa shape index (κ3) is 17.3. The number of hydrogen-bond donors (Lipinski definition) is 4. The SMILES string of the molecule is Cc1ncsc1-c1ccc(CNC(=O)[C@@H]2C[C@@H](OC(=O)OCC(C)(C)SS(C)(=O)=O)CN2C(=O)[C@@H](NC(=O)CCCCCCCCCCNC(=O)C2=C3CN(c4ncc(F)cc4F)C4=C3C(=c3c(ccn(C)c3=O)=C2CS(C)(=O)=O)NCC4)C(C)(C)C)cc1. The zero-order valence-electron chi connectivity index (χ0n) is 51.7. The highest BCUT2D eigenvalue weighted by molar-refractivity contribution is 8.72. The number of carbonyl (C=O) groups is 5. The molecule has 3 aliphatic heterocycles. The summed E-state index contributed by atoms with van der Waals surface area (Å²) in [7, 11) is -5.06. The molecule has 4 aliphatic rings. The summed E-state index contributed by atoms with van der Waals surface area (Å²) in [6.45, 7) is 10.7. The molecule has 0 bridgehead atoms. The van der Waals surface area contributed by atoms with E-state index in [2.05, 4.69) is 31.2 Å². The van der Waals surface area contributed by atoms with Crippen LogP contribution in [-0.4, -0.2) is 140 Å². The highest BCUT2D eigenvalue weighted by atomic mass is 33.1. The average molecular weight is 1310 g/mol. The van der Waals surface area contributed by atoms with Crippen molar-refractivity contribution < 1.29 is 59.1 Å². The summed E-state index contributed by atoms with van der Waals surface area (Å²) in [4.78, 5) is 96.3. The number of ether oxygens (including phenoxy) is 2. The van der Waals surface area contributed by atoms with Crippen molar-refractivity contribution >= 4 is 87.7 Å². The molecule has 0 radical (unpaired) electrons. The predicted molar refractivity (Wildman–Crippen MR) is 339 cm³/mol. The second-order valence-corrected chi connectivity index (χ2v) is 32.8. The van der Waals surface area contributed by atoms with Crippen LogP contribution in [0.2, 0.25) is 0 Å². The number of amides is 4. The Kier molecular flexibility index (Phi) is 21.7. The minimum Gasteiger partial charge on any atom is -0.433 e. The number of thiazole rings is 1.